The zero-order valence-electron chi connectivity index (χ0n) is 9.01. The third-order valence-corrected chi connectivity index (χ3v) is 2.24. The number of hydrogen-bond donors (Lipinski definition) is 1. The van der Waals surface area contributed by atoms with Crippen LogP contribution in [-0.2, 0) is 0 Å². The summed E-state index contributed by atoms with van der Waals surface area (Å²) in [5.74, 6) is 0.415. The Bertz CT molecular complexity index is 321. The van der Waals surface area contributed by atoms with E-state index < -0.39 is 0 Å². The predicted octanol–water partition coefficient (Wildman–Crippen LogP) is 3.17. The lowest BCUT2D eigenvalue weighted by Crippen LogP contribution is -2.31. The molecule has 0 radical (unpaired) electrons. The number of hydrogen-bond acceptors (Lipinski definition) is 4. The molecular weight excluding hydrogens is 235 g/mol. The molecule has 1 rings (SSSR count). The predicted molar refractivity (Wildman–Crippen MR) is 62.5 cm³/mol. The van der Waals surface area contributed by atoms with Gasteiger partial charge in [0.15, 0.2) is 0 Å². The number of nitrogens with one attached hydrogen (secondary N) is 1. The van der Waals surface area contributed by atoms with E-state index in [2.05, 4.69) is 41.0 Å². The lowest BCUT2D eigenvalue weighted by molar-refractivity contribution is 0.506. The number of aromatic nitrogens is 3. The van der Waals surface area contributed by atoms with E-state index in [1.807, 2.05) is 0 Å². The number of nitrogens with zero attached hydrogens (tertiary/aromatic N) is 3. The minimum atomic E-state index is -0.0806. The van der Waals surface area contributed by atoms with Crippen molar-refractivity contribution in [1.29, 1.82) is 0 Å². The van der Waals surface area contributed by atoms with Crippen LogP contribution in [-0.4, -0.2) is 20.5 Å². The molecule has 0 aromatic carbocycles. The van der Waals surface area contributed by atoms with Crippen molar-refractivity contribution in [2.24, 2.45) is 0 Å². The summed E-state index contributed by atoms with van der Waals surface area (Å²) < 4.78 is 0. The molecule has 84 valence electrons. The van der Waals surface area contributed by atoms with Crippen LogP contribution in [0.3, 0.4) is 0 Å². The van der Waals surface area contributed by atoms with Crippen LogP contribution in [0.25, 0.3) is 0 Å². The van der Waals surface area contributed by atoms with Gasteiger partial charge >= 0.3 is 0 Å². The molecule has 0 atom stereocenters. The van der Waals surface area contributed by atoms with Gasteiger partial charge in [-0.05, 0) is 43.5 Å². The number of rotatable bonds is 4. The highest BCUT2D eigenvalue weighted by molar-refractivity contribution is 6.31. The molecule has 0 aliphatic rings. The molecule has 0 aliphatic heterocycles. The average Bonchev–Trinajstić information content (AvgIpc) is 1.99. The first kappa shape index (κ1) is 12.5. The van der Waals surface area contributed by atoms with E-state index in [9.17, 15) is 0 Å². The lowest BCUT2D eigenvalue weighted by atomic mass is 9.99. The second kappa shape index (κ2) is 4.94. The van der Waals surface area contributed by atoms with E-state index >= 15 is 0 Å². The van der Waals surface area contributed by atoms with Crippen LogP contribution >= 0.6 is 23.2 Å². The molecule has 0 amide bonds. The van der Waals surface area contributed by atoms with E-state index in [-0.39, 0.29) is 16.1 Å². The summed E-state index contributed by atoms with van der Waals surface area (Å²) in [6, 6.07) is 0. The summed E-state index contributed by atoms with van der Waals surface area (Å²) in [6.07, 6.45) is 2.08. The van der Waals surface area contributed by atoms with Gasteiger partial charge in [-0.3, -0.25) is 0 Å². The lowest BCUT2D eigenvalue weighted by Gasteiger charge is -2.25. The Hall–Kier alpha value is -0.610. The molecular formula is C9H14Cl2N4. The molecule has 0 saturated carbocycles. The van der Waals surface area contributed by atoms with Crippen LogP contribution in [0.2, 0.25) is 10.6 Å². The van der Waals surface area contributed by atoms with Gasteiger partial charge in [-0.15, -0.1) is 0 Å². The van der Waals surface area contributed by atoms with E-state index in [0.29, 0.717) is 5.95 Å². The normalized spacial score (nSPS) is 11.5. The first-order valence-electron chi connectivity index (χ1n) is 4.78. The van der Waals surface area contributed by atoms with Gasteiger partial charge in [0.25, 0.3) is 0 Å². The fraction of sp³-hybridized carbons (Fsp3) is 0.667. The van der Waals surface area contributed by atoms with Crippen molar-refractivity contribution in [1.82, 2.24) is 15.0 Å². The maximum atomic E-state index is 5.67. The quantitative estimate of drug-likeness (QED) is 0.890. The zero-order valence-corrected chi connectivity index (χ0v) is 10.5. The molecule has 0 unspecified atom stereocenters. The van der Waals surface area contributed by atoms with Crippen molar-refractivity contribution < 1.29 is 0 Å². The highest BCUT2D eigenvalue weighted by Crippen LogP contribution is 2.18. The second-order valence-corrected chi connectivity index (χ2v) is 4.63. The molecule has 0 bridgehead atoms. The van der Waals surface area contributed by atoms with Crippen LogP contribution < -0.4 is 5.32 Å². The first-order valence-corrected chi connectivity index (χ1v) is 5.54. The van der Waals surface area contributed by atoms with Crippen molar-refractivity contribution in [2.75, 3.05) is 5.32 Å². The fourth-order valence-corrected chi connectivity index (χ4v) is 1.74. The highest BCUT2D eigenvalue weighted by atomic mass is 35.5. The molecule has 0 fully saturated rings. The number of halogens is 2. The molecule has 1 N–H and O–H groups in total. The van der Waals surface area contributed by atoms with Crippen LogP contribution in [0.5, 0.6) is 0 Å². The topological polar surface area (TPSA) is 50.7 Å². The van der Waals surface area contributed by atoms with Gasteiger partial charge < -0.3 is 5.32 Å². The van der Waals surface area contributed by atoms with Crippen molar-refractivity contribution in [3.63, 3.8) is 0 Å². The molecule has 1 aromatic rings. The molecule has 0 saturated heterocycles. The fourth-order valence-electron chi connectivity index (χ4n) is 1.37. The molecule has 4 nitrogen and oxygen atoms in total. The summed E-state index contributed by atoms with van der Waals surface area (Å²) >= 11 is 11.3. The Balaban J connectivity index is 2.80. The summed E-state index contributed by atoms with van der Waals surface area (Å²) in [4.78, 5) is 11.6. The first-order chi connectivity index (χ1) is 6.93. The highest BCUT2D eigenvalue weighted by Gasteiger charge is 2.18. The molecule has 15 heavy (non-hydrogen) atoms. The minimum absolute atomic E-state index is 0.0806. The Kier molecular flexibility index (Phi) is 4.11. The van der Waals surface area contributed by atoms with Gasteiger partial charge in [0.1, 0.15) is 0 Å². The Labute approximate surface area is 99.4 Å². The smallest absolute Gasteiger partial charge is 0.228 e. The Morgan fingerprint density at radius 3 is 2.13 bits per heavy atom. The SMILES string of the molecule is CCCC(C)(C)Nc1nc(Cl)nc(Cl)n1. The maximum absolute atomic E-state index is 5.67. The van der Waals surface area contributed by atoms with Crippen LogP contribution in [0.15, 0.2) is 0 Å². The van der Waals surface area contributed by atoms with Crippen LogP contribution in [0.1, 0.15) is 33.6 Å². The molecule has 1 heterocycles. The van der Waals surface area contributed by atoms with Crippen molar-refractivity contribution in [3.8, 4) is 0 Å². The maximum Gasteiger partial charge on any atom is 0.228 e. The summed E-state index contributed by atoms with van der Waals surface area (Å²) in [5, 5.41) is 3.37. The van der Waals surface area contributed by atoms with Crippen LogP contribution in [0, 0.1) is 0 Å². The summed E-state index contributed by atoms with van der Waals surface area (Å²) in [5.41, 5.74) is -0.0806. The average molecular weight is 249 g/mol. The van der Waals surface area contributed by atoms with Crippen molar-refractivity contribution >= 4 is 29.2 Å². The van der Waals surface area contributed by atoms with E-state index in [4.69, 9.17) is 23.2 Å². The Morgan fingerprint density at radius 1 is 1.13 bits per heavy atom. The molecule has 1 aromatic heterocycles. The van der Waals surface area contributed by atoms with Gasteiger partial charge in [0.05, 0.1) is 0 Å². The standard InChI is InChI=1S/C9H14Cl2N4/c1-4-5-9(2,3)15-8-13-6(10)12-7(11)14-8/h4-5H2,1-3H3,(H,12,13,14,15). The molecule has 0 aliphatic carbocycles. The Morgan fingerprint density at radius 2 is 1.67 bits per heavy atom. The molecule has 0 spiro atoms. The molecule has 6 heteroatoms. The van der Waals surface area contributed by atoms with E-state index in [0.717, 1.165) is 12.8 Å². The van der Waals surface area contributed by atoms with Gasteiger partial charge in [-0.1, -0.05) is 13.3 Å². The monoisotopic (exact) mass is 248 g/mol. The van der Waals surface area contributed by atoms with Gasteiger partial charge in [0.2, 0.25) is 16.5 Å². The van der Waals surface area contributed by atoms with Gasteiger partial charge in [0, 0.05) is 5.54 Å². The zero-order chi connectivity index (χ0) is 11.5. The van der Waals surface area contributed by atoms with Crippen molar-refractivity contribution in [3.05, 3.63) is 10.6 Å². The van der Waals surface area contributed by atoms with E-state index in [1.165, 1.54) is 0 Å². The number of anilines is 1. The van der Waals surface area contributed by atoms with Crippen LogP contribution in [0.4, 0.5) is 5.95 Å². The van der Waals surface area contributed by atoms with Crippen molar-refractivity contribution in [2.45, 2.75) is 39.2 Å². The summed E-state index contributed by atoms with van der Waals surface area (Å²) in [7, 11) is 0. The summed E-state index contributed by atoms with van der Waals surface area (Å²) in [6.45, 7) is 6.26. The third kappa shape index (κ3) is 4.18. The second-order valence-electron chi connectivity index (χ2n) is 3.96. The van der Waals surface area contributed by atoms with E-state index in [1.54, 1.807) is 0 Å². The third-order valence-electron chi connectivity index (χ3n) is 1.91. The van der Waals surface area contributed by atoms with Gasteiger partial charge in [-0.25, -0.2) is 0 Å². The van der Waals surface area contributed by atoms with Gasteiger partial charge in [-0.2, -0.15) is 15.0 Å². The minimum Gasteiger partial charge on any atom is -0.349 e. The largest absolute Gasteiger partial charge is 0.349 e.